The van der Waals surface area contributed by atoms with Crippen LogP contribution in [0, 0.1) is 17.7 Å². The summed E-state index contributed by atoms with van der Waals surface area (Å²) in [5.41, 5.74) is 1.79. The smallest absolute Gasteiger partial charge is 0.228 e. The van der Waals surface area contributed by atoms with Crippen LogP contribution in [-0.4, -0.2) is 72.5 Å². The highest BCUT2D eigenvalue weighted by Crippen LogP contribution is 2.33. The van der Waals surface area contributed by atoms with Gasteiger partial charge in [-0.15, -0.1) is 0 Å². The molecule has 0 aliphatic carbocycles. The number of halogens is 1. The molecule has 3 heterocycles. The molecule has 1 aromatic heterocycles. The van der Waals surface area contributed by atoms with Gasteiger partial charge in [-0.25, -0.2) is 14.4 Å². The highest BCUT2D eigenvalue weighted by atomic mass is 19.1. The van der Waals surface area contributed by atoms with Gasteiger partial charge in [0.2, 0.25) is 11.9 Å². The van der Waals surface area contributed by atoms with Crippen LogP contribution in [0.4, 0.5) is 16.0 Å². The maximum absolute atomic E-state index is 13.1. The van der Waals surface area contributed by atoms with Crippen molar-refractivity contribution in [3.63, 3.8) is 0 Å². The fourth-order valence-electron chi connectivity index (χ4n) is 4.96. The summed E-state index contributed by atoms with van der Waals surface area (Å²) < 4.78 is 13.1. The number of aromatic nitrogens is 2. The predicted octanol–water partition coefficient (Wildman–Crippen LogP) is 2.85. The average molecular weight is 441 g/mol. The van der Waals surface area contributed by atoms with Crippen molar-refractivity contribution in [1.82, 2.24) is 19.8 Å². The first-order valence-electron chi connectivity index (χ1n) is 11.4. The number of nitrogens with zero attached hydrogens (tertiary/aromatic N) is 5. The molecule has 1 amide bonds. The Kier molecular flexibility index (Phi) is 7.01. The molecular formula is C24H33FN6O. The van der Waals surface area contributed by atoms with E-state index in [0.717, 1.165) is 57.0 Å². The lowest BCUT2D eigenvalue weighted by Crippen LogP contribution is -2.41. The van der Waals surface area contributed by atoms with Gasteiger partial charge < -0.3 is 15.1 Å². The third-order valence-corrected chi connectivity index (χ3v) is 6.76. The molecule has 0 spiro atoms. The second-order valence-electron chi connectivity index (χ2n) is 9.34. The van der Waals surface area contributed by atoms with Crippen molar-refractivity contribution >= 4 is 17.5 Å². The molecule has 2 aliphatic heterocycles. The molecule has 2 fully saturated rings. The number of carbonyl (C=O) groups excluding carboxylic acids is 1. The Morgan fingerprint density at radius 1 is 1.16 bits per heavy atom. The zero-order valence-electron chi connectivity index (χ0n) is 19.2. The maximum Gasteiger partial charge on any atom is 0.228 e. The monoisotopic (exact) mass is 440 g/mol. The molecule has 1 aromatic carbocycles. The van der Waals surface area contributed by atoms with Gasteiger partial charge in [-0.1, -0.05) is 0 Å². The number of nitrogens with one attached hydrogen (secondary N) is 1. The van der Waals surface area contributed by atoms with E-state index in [2.05, 4.69) is 32.1 Å². The van der Waals surface area contributed by atoms with Gasteiger partial charge in [0.1, 0.15) is 5.82 Å². The number of piperidine rings is 1. The third kappa shape index (κ3) is 5.42. The summed E-state index contributed by atoms with van der Waals surface area (Å²) >= 11 is 0. The minimum Gasteiger partial charge on any atom is -0.347 e. The van der Waals surface area contributed by atoms with Crippen LogP contribution in [0.2, 0.25) is 0 Å². The summed E-state index contributed by atoms with van der Waals surface area (Å²) in [6.07, 6.45) is 7.00. The Balaban J connectivity index is 1.26. The van der Waals surface area contributed by atoms with Crippen LogP contribution in [0.15, 0.2) is 36.7 Å². The summed E-state index contributed by atoms with van der Waals surface area (Å²) in [6, 6.07) is 6.39. The fourth-order valence-corrected chi connectivity index (χ4v) is 4.96. The standard InChI is InChI=1S/C24H33FN6O/c1-29(2)24-26-13-17(14-27-24)15-31-10-8-18(9-11-31)22-12-19(16-30(22)3)23(32)28-21-6-4-20(25)5-7-21/h4-7,13-14,18-19,22H,8-12,15-16H2,1-3H3,(H,28,32)/t19-,22+/m1/s1. The molecule has 0 radical (unpaired) electrons. The van der Waals surface area contributed by atoms with Crippen LogP contribution in [0.1, 0.15) is 24.8 Å². The van der Waals surface area contributed by atoms with Gasteiger partial charge in [0, 0.05) is 56.9 Å². The molecule has 2 aliphatic rings. The Labute approximate surface area is 189 Å². The highest BCUT2D eigenvalue weighted by Gasteiger charge is 2.39. The van der Waals surface area contributed by atoms with E-state index < -0.39 is 0 Å². The average Bonchev–Trinajstić information content (AvgIpc) is 3.18. The molecule has 32 heavy (non-hydrogen) atoms. The normalized spacial score (nSPS) is 22.8. The Hall–Kier alpha value is -2.58. The van der Waals surface area contributed by atoms with E-state index in [1.165, 1.54) is 12.1 Å². The number of anilines is 2. The number of carbonyl (C=O) groups is 1. The molecular weight excluding hydrogens is 407 g/mol. The quantitative estimate of drug-likeness (QED) is 0.745. The van der Waals surface area contributed by atoms with E-state index in [-0.39, 0.29) is 17.6 Å². The van der Waals surface area contributed by atoms with Crippen molar-refractivity contribution in [2.75, 3.05) is 51.0 Å². The van der Waals surface area contributed by atoms with Crippen LogP contribution >= 0.6 is 0 Å². The second kappa shape index (κ2) is 9.92. The predicted molar refractivity (Wildman–Crippen MR) is 124 cm³/mol. The summed E-state index contributed by atoms with van der Waals surface area (Å²) in [5.74, 6) is 1.04. The zero-order chi connectivity index (χ0) is 22.7. The van der Waals surface area contributed by atoms with Crippen LogP contribution < -0.4 is 10.2 Å². The van der Waals surface area contributed by atoms with E-state index in [4.69, 9.17) is 0 Å². The summed E-state index contributed by atoms with van der Waals surface area (Å²) in [6.45, 7) is 3.75. The second-order valence-corrected chi connectivity index (χ2v) is 9.34. The third-order valence-electron chi connectivity index (χ3n) is 6.76. The summed E-state index contributed by atoms with van der Waals surface area (Å²) in [4.78, 5) is 28.3. The van der Waals surface area contributed by atoms with Gasteiger partial charge in [0.15, 0.2) is 0 Å². The molecule has 172 valence electrons. The number of hydrogen-bond acceptors (Lipinski definition) is 6. The van der Waals surface area contributed by atoms with Gasteiger partial charge in [-0.3, -0.25) is 9.69 Å². The number of likely N-dealkylation sites (tertiary alicyclic amines) is 2. The van der Waals surface area contributed by atoms with Gasteiger partial charge in [0.05, 0.1) is 5.92 Å². The first kappa shape index (κ1) is 22.6. The van der Waals surface area contributed by atoms with Gasteiger partial charge in [-0.2, -0.15) is 0 Å². The lowest BCUT2D eigenvalue weighted by Gasteiger charge is -2.37. The lowest BCUT2D eigenvalue weighted by atomic mass is 9.86. The SMILES string of the molecule is CN(C)c1ncc(CN2CCC([C@@H]3C[C@@H](C(=O)Nc4ccc(F)cc4)CN3C)CC2)cn1. The number of hydrogen-bond donors (Lipinski definition) is 1. The largest absolute Gasteiger partial charge is 0.347 e. The number of amides is 1. The zero-order valence-corrected chi connectivity index (χ0v) is 19.2. The molecule has 4 rings (SSSR count). The van der Waals surface area contributed by atoms with E-state index in [0.29, 0.717) is 17.6 Å². The highest BCUT2D eigenvalue weighted by molar-refractivity contribution is 5.92. The van der Waals surface area contributed by atoms with E-state index in [1.54, 1.807) is 12.1 Å². The Morgan fingerprint density at radius 2 is 1.81 bits per heavy atom. The first-order chi connectivity index (χ1) is 15.4. The van der Waals surface area contributed by atoms with E-state index >= 15 is 0 Å². The van der Waals surface area contributed by atoms with Gasteiger partial charge >= 0.3 is 0 Å². The fraction of sp³-hybridized carbons (Fsp3) is 0.542. The Bertz CT molecular complexity index is 896. The topological polar surface area (TPSA) is 64.6 Å². The molecule has 0 bridgehead atoms. The van der Waals surface area contributed by atoms with E-state index in [1.807, 2.05) is 31.4 Å². The molecule has 2 aromatic rings. The molecule has 2 saturated heterocycles. The Morgan fingerprint density at radius 3 is 2.44 bits per heavy atom. The van der Waals surface area contributed by atoms with Crippen LogP contribution in [0.5, 0.6) is 0 Å². The van der Waals surface area contributed by atoms with Crippen LogP contribution in [0.3, 0.4) is 0 Å². The van der Waals surface area contributed by atoms with Crippen molar-refractivity contribution in [3.8, 4) is 0 Å². The lowest BCUT2D eigenvalue weighted by molar-refractivity contribution is -0.119. The minimum absolute atomic E-state index is 0.0274. The van der Waals surface area contributed by atoms with Crippen LogP contribution in [0.25, 0.3) is 0 Å². The van der Waals surface area contributed by atoms with Crippen molar-refractivity contribution in [2.24, 2.45) is 11.8 Å². The number of benzene rings is 1. The molecule has 2 atom stereocenters. The molecule has 7 nitrogen and oxygen atoms in total. The van der Waals surface area contributed by atoms with Crippen LogP contribution in [-0.2, 0) is 11.3 Å². The van der Waals surface area contributed by atoms with Crippen molar-refractivity contribution in [1.29, 1.82) is 0 Å². The van der Waals surface area contributed by atoms with Crippen molar-refractivity contribution in [3.05, 3.63) is 48.0 Å². The molecule has 1 N–H and O–H groups in total. The molecule has 0 unspecified atom stereocenters. The first-order valence-corrected chi connectivity index (χ1v) is 11.4. The molecule has 0 saturated carbocycles. The molecule has 8 heteroatoms. The van der Waals surface area contributed by atoms with Crippen molar-refractivity contribution in [2.45, 2.75) is 31.8 Å². The number of rotatable bonds is 6. The maximum atomic E-state index is 13.1. The summed E-state index contributed by atoms with van der Waals surface area (Å²) in [5, 5.41) is 2.94. The van der Waals surface area contributed by atoms with Gasteiger partial charge in [-0.05, 0) is 69.6 Å². The minimum atomic E-state index is -0.298. The van der Waals surface area contributed by atoms with Crippen molar-refractivity contribution < 1.29 is 9.18 Å². The van der Waals surface area contributed by atoms with E-state index in [9.17, 15) is 9.18 Å². The van der Waals surface area contributed by atoms with Gasteiger partial charge in [0.25, 0.3) is 0 Å². The summed E-state index contributed by atoms with van der Waals surface area (Å²) in [7, 11) is 6.01.